The first-order valence-electron chi connectivity index (χ1n) is 6.72. The van der Waals surface area contributed by atoms with Crippen molar-refractivity contribution < 1.29 is 14.3 Å². The summed E-state index contributed by atoms with van der Waals surface area (Å²) in [6.07, 6.45) is 4.51. The zero-order valence-corrected chi connectivity index (χ0v) is 11.2. The molecule has 0 aliphatic carbocycles. The Bertz CT molecular complexity index is 483. The van der Waals surface area contributed by atoms with Crippen LogP contribution in [0, 0.1) is 5.82 Å². The molecule has 1 aliphatic rings. The van der Waals surface area contributed by atoms with Crippen LogP contribution in [0.2, 0.25) is 0 Å². The van der Waals surface area contributed by atoms with E-state index in [0.29, 0.717) is 13.0 Å². The van der Waals surface area contributed by atoms with Gasteiger partial charge in [0.1, 0.15) is 0 Å². The lowest BCUT2D eigenvalue weighted by Gasteiger charge is -2.25. The summed E-state index contributed by atoms with van der Waals surface area (Å²) in [7, 11) is 0. The third-order valence-corrected chi connectivity index (χ3v) is 3.59. The molecule has 6 nitrogen and oxygen atoms in total. The number of likely N-dealkylation sites (tertiary alicyclic amines) is 1. The molecule has 1 aromatic rings. The Kier molecular flexibility index (Phi) is 4.86. The molecule has 2 rings (SSSR count). The number of hydrazine groups is 1. The fourth-order valence-corrected chi connectivity index (χ4v) is 2.59. The molecule has 1 aliphatic heterocycles. The number of hydrogen-bond donors (Lipinski definition) is 3. The first kappa shape index (κ1) is 14.7. The van der Waals surface area contributed by atoms with Gasteiger partial charge in [-0.15, -0.1) is 0 Å². The zero-order valence-electron chi connectivity index (χ0n) is 11.2. The van der Waals surface area contributed by atoms with Gasteiger partial charge in [0.05, 0.1) is 5.56 Å². The molecule has 0 saturated carbocycles. The molecule has 2 heterocycles. The van der Waals surface area contributed by atoms with Crippen LogP contribution >= 0.6 is 0 Å². The number of amides is 1. The molecule has 0 aromatic carbocycles. The summed E-state index contributed by atoms with van der Waals surface area (Å²) < 4.78 is 14.1. The molecule has 0 radical (unpaired) electrons. The highest BCUT2D eigenvalue weighted by Crippen LogP contribution is 2.25. The van der Waals surface area contributed by atoms with Gasteiger partial charge in [-0.3, -0.25) is 4.79 Å². The quantitative estimate of drug-likeness (QED) is 0.551. The van der Waals surface area contributed by atoms with Crippen LogP contribution in [0.1, 0.15) is 36.0 Å². The summed E-state index contributed by atoms with van der Waals surface area (Å²) in [5, 5.41) is 8.89. The summed E-state index contributed by atoms with van der Waals surface area (Å²) in [6.45, 7) is 0.714. The fourth-order valence-electron chi connectivity index (χ4n) is 2.59. The number of halogens is 1. The number of aromatic nitrogens is 1. The van der Waals surface area contributed by atoms with Crippen molar-refractivity contribution in [1.82, 2.24) is 9.88 Å². The Morgan fingerprint density at radius 1 is 1.65 bits per heavy atom. The van der Waals surface area contributed by atoms with E-state index in [1.165, 1.54) is 12.3 Å². The standard InChI is InChI=1S/C13H19FN4O2/c14-11-10(5-6-16-12(11)17-15)13(20)18-7-1-3-9(18)4-2-8-19/h5-6,9,19H,1-4,7-8,15H2,(H,16,17). The highest BCUT2D eigenvalue weighted by molar-refractivity contribution is 5.95. The SMILES string of the molecule is NNc1nccc(C(=O)N2CCCC2CCCO)c1F. The van der Waals surface area contributed by atoms with Crippen molar-refractivity contribution in [2.45, 2.75) is 31.7 Å². The number of rotatable bonds is 5. The number of nitrogens with zero attached hydrogens (tertiary/aromatic N) is 2. The summed E-state index contributed by atoms with van der Waals surface area (Å²) >= 11 is 0. The van der Waals surface area contributed by atoms with Gasteiger partial charge in [0, 0.05) is 25.4 Å². The van der Waals surface area contributed by atoms with E-state index in [9.17, 15) is 9.18 Å². The second kappa shape index (κ2) is 6.62. The Balaban J connectivity index is 2.18. The van der Waals surface area contributed by atoms with Crippen LogP contribution in [0.4, 0.5) is 10.2 Å². The normalized spacial score (nSPS) is 18.4. The lowest BCUT2D eigenvalue weighted by molar-refractivity contribution is 0.0719. The molecule has 0 bridgehead atoms. The van der Waals surface area contributed by atoms with Gasteiger partial charge in [0.2, 0.25) is 0 Å². The minimum Gasteiger partial charge on any atom is -0.396 e. The molecule has 4 N–H and O–H groups in total. The number of nitrogens with one attached hydrogen (secondary N) is 1. The van der Waals surface area contributed by atoms with E-state index in [2.05, 4.69) is 10.4 Å². The van der Waals surface area contributed by atoms with Crippen molar-refractivity contribution in [3.63, 3.8) is 0 Å². The zero-order chi connectivity index (χ0) is 14.5. The van der Waals surface area contributed by atoms with Gasteiger partial charge in [0.15, 0.2) is 11.6 Å². The highest BCUT2D eigenvalue weighted by Gasteiger charge is 2.30. The lowest BCUT2D eigenvalue weighted by Crippen LogP contribution is -2.36. The maximum atomic E-state index is 14.1. The summed E-state index contributed by atoms with van der Waals surface area (Å²) in [5.74, 6) is 3.95. The van der Waals surface area contributed by atoms with Gasteiger partial charge in [-0.05, 0) is 31.7 Å². The van der Waals surface area contributed by atoms with E-state index in [-0.39, 0.29) is 29.9 Å². The molecule has 1 unspecified atom stereocenters. The Hall–Kier alpha value is -1.73. The largest absolute Gasteiger partial charge is 0.396 e. The summed E-state index contributed by atoms with van der Waals surface area (Å²) in [4.78, 5) is 17.8. The number of carbonyl (C=O) groups is 1. The average Bonchev–Trinajstić information content (AvgIpc) is 2.93. The predicted molar refractivity (Wildman–Crippen MR) is 72.4 cm³/mol. The number of aliphatic hydroxyl groups excluding tert-OH is 1. The maximum absolute atomic E-state index is 14.1. The first-order valence-corrected chi connectivity index (χ1v) is 6.72. The van der Waals surface area contributed by atoms with E-state index < -0.39 is 5.82 Å². The average molecular weight is 282 g/mol. The second-order valence-corrected chi connectivity index (χ2v) is 4.83. The first-order chi connectivity index (χ1) is 9.69. The maximum Gasteiger partial charge on any atom is 0.257 e. The van der Waals surface area contributed by atoms with Crippen LogP contribution in [-0.2, 0) is 0 Å². The van der Waals surface area contributed by atoms with Crippen LogP contribution in [0.25, 0.3) is 0 Å². The Morgan fingerprint density at radius 2 is 2.45 bits per heavy atom. The van der Waals surface area contributed by atoms with Crippen molar-refractivity contribution in [3.05, 3.63) is 23.6 Å². The molecule has 20 heavy (non-hydrogen) atoms. The topological polar surface area (TPSA) is 91.5 Å². The molecule has 1 amide bonds. The van der Waals surface area contributed by atoms with Crippen LogP contribution in [-0.4, -0.2) is 40.1 Å². The summed E-state index contributed by atoms with van der Waals surface area (Å²) in [6, 6.07) is 1.43. The number of anilines is 1. The monoisotopic (exact) mass is 282 g/mol. The molecule has 7 heteroatoms. The third-order valence-electron chi connectivity index (χ3n) is 3.59. The predicted octanol–water partition coefficient (Wildman–Crippen LogP) is 0.883. The van der Waals surface area contributed by atoms with E-state index in [1.54, 1.807) is 4.90 Å². The smallest absolute Gasteiger partial charge is 0.257 e. The number of nitrogen functional groups attached to an aromatic ring is 1. The molecule has 110 valence electrons. The number of carbonyl (C=O) groups excluding carboxylic acids is 1. The van der Waals surface area contributed by atoms with Crippen molar-refractivity contribution in [2.75, 3.05) is 18.6 Å². The minimum atomic E-state index is -0.729. The molecular formula is C13H19FN4O2. The second-order valence-electron chi connectivity index (χ2n) is 4.83. The van der Waals surface area contributed by atoms with Crippen LogP contribution < -0.4 is 11.3 Å². The van der Waals surface area contributed by atoms with Gasteiger partial charge in [-0.1, -0.05) is 0 Å². The molecule has 0 spiro atoms. The van der Waals surface area contributed by atoms with Crippen molar-refractivity contribution >= 4 is 11.7 Å². The molecular weight excluding hydrogens is 263 g/mol. The number of nitrogens with two attached hydrogens (primary N) is 1. The minimum absolute atomic E-state index is 0.0242. The lowest BCUT2D eigenvalue weighted by atomic mass is 10.1. The van der Waals surface area contributed by atoms with E-state index in [4.69, 9.17) is 10.9 Å². The third kappa shape index (κ3) is 2.88. The number of aliphatic hydroxyl groups is 1. The molecule has 1 atom stereocenters. The fraction of sp³-hybridized carbons (Fsp3) is 0.538. The van der Waals surface area contributed by atoms with Crippen LogP contribution in [0.3, 0.4) is 0 Å². The van der Waals surface area contributed by atoms with Crippen molar-refractivity contribution in [2.24, 2.45) is 5.84 Å². The number of hydrogen-bond acceptors (Lipinski definition) is 5. The Labute approximate surface area is 116 Å². The van der Waals surface area contributed by atoms with E-state index >= 15 is 0 Å². The van der Waals surface area contributed by atoms with Gasteiger partial charge < -0.3 is 15.4 Å². The van der Waals surface area contributed by atoms with Gasteiger partial charge >= 0.3 is 0 Å². The van der Waals surface area contributed by atoms with Gasteiger partial charge in [-0.2, -0.15) is 0 Å². The van der Waals surface area contributed by atoms with Gasteiger partial charge in [-0.25, -0.2) is 15.2 Å². The van der Waals surface area contributed by atoms with Crippen LogP contribution in [0.5, 0.6) is 0 Å². The Morgan fingerprint density at radius 3 is 3.15 bits per heavy atom. The molecule has 1 fully saturated rings. The summed E-state index contributed by atoms with van der Waals surface area (Å²) in [5.41, 5.74) is 2.11. The van der Waals surface area contributed by atoms with Gasteiger partial charge in [0.25, 0.3) is 5.91 Å². The molecule has 1 aromatic heterocycles. The molecule has 1 saturated heterocycles. The van der Waals surface area contributed by atoms with E-state index in [0.717, 1.165) is 19.3 Å². The van der Waals surface area contributed by atoms with E-state index in [1.807, 2.05) is 0 Å². The number of pyridine rings is 1. The highest BCUT2D eigenvalue weighted by atomic mass is 19.1. The van der Waals surface area contributed by atoms with Crippen LogP contribution in [0.15, 0.2) is 12.3 Å². The van der Waals surface area contributed by atoms with Crippen molar-refractivity contribution in [1.29, 1.82) is 0 Å². The van der Waals surface area contributed by atoms with Crippen molar-refractivity contribution in [3.8, 4) is 0 Å².